The first-order valence-corrected chi connectivity index (χ1v) is 12.7. The summed E-state index contributed by atoms with van der Waals surface area (Å²) in [6, 6.07) is 7.82. The molecule has 0 radical (unpaired) electrons. The van der Waals surface area contributed by atoms with Crippen LogP contribution in [0.2, 0.25) is 0 Å². The SMILES string of the molecule is Cc1ncsc1CCN1CCN(C(=O)Oc2ccc(CCSc3nccn3C)cc2)CC1. The minimum absolute atomic E-state index is 0.263. The molecule has 3 aromatic rings. The Morgan fingerprint density at radius 3 is 2.56 bits per heavy atom. The molecule has 1 aliphatic heterocycles. The highest BCUT2D eigenvalue weighted by Crippen LogP contribution is 2.19. The number of hydrogen-bond donors (Lipinski definition) is 0. The zero-order valence-electron chi connectivity index (χ0n) is 18.6. The number of rotatable bonds is 8. The third-order valence-corrected chi connectivity index (χ3v) is 7.71. The van der Waals surface area contributed by atoms with E-state index in [0.717, 1.165) is 49.1 Å². The number of aromatic nitrogens is 3. The van der Waals surface area contributed by atoms with E-state index in [1.54, 1.807) is 28.0 Å². The summed E-state index contributed by atoms with van der Waals surface area (Å²) in [6.45, 7) is 6.21. The van der Waals surface area contributed by atoms with Gasteiger partial charge >= 0.3 is 6.09 Å². The van der Waals surface area contributed by atoms with Crippen LogP contribution in [0.25, 0.3) is 0 Å². The van der Waals surface area contributed by atoms with Gasteiger partial charge in [-0.15, -0.1) is 11.3 Å². The molecule has 3 heterocycles. The second-order valence-corrected chi connectivity index (χ2v) is 9.87. The number of nitrogens with zero attached hydrogens (tertiary/aromatic N) is 5. The first-order valence-electron chi connectivity index (χ1n) is 10.9. The quantitative estimate of drug-likeness (QED) is 0.465. The van der Waals surface area contributed by atoms with Crippen molar-refractivity contribution in [2.45, 2.75) is 24.9 Å². The average molecular weight is 472 g/mol. The first kappa shape index (κ1) is 22.8. The van der Waals surface area contributed by atoms with Gasteiger partial charge in [-0.2, -0.15) is 0 Å². The Hall–Kier alpha value is -2.36. The lowest BCUT2D eigenvalue weighted by Crippen LogP contribution is -2.49. The lowest BCUT2D eigenvalue weighted by atomic mass is 10.2. The molecular weight excluding hydrogens is 442 g/mol. The van der Waals surface area contributed by atoms with Gasteiger partial charge in [0.1, 0.15) is 5.75 Å². The Kier molecular flexibility index (Phi) is 7.83. The van der Waals surface area contributed by atoms with E-state index in [1.807, 2.05) is 53.8 Å². The lowest BCUT2D eigenvalue weighted by molar-refractivity contribution is 0.111. The van der Waals surface area contributed by atoms with Crippen LogP contribution in [0.1, 0.15) is 16.1 Å². The van der Waals surface area contributed by atoms with E-state index < -0.39 is 0 Å². The number of thiazole rings is 1. The summed E-state index contributed by atoms with van der Waals surface area (Å²) in [4.78, 5) is 26.7. The number of carbonyl (C=O) groups is 1. The maximum absolute atomic E-state index is 12.5. The summed E-state index contributed by atoms with van der Waals surface area (Å²) in [5.41, 5.74) is 4.26. The second kappa shape index (κ2) is 11.0. The van der Waals surface area contributed by atoms with E-state index in [2.05, 4.69) is 21.8 Å². The average Bonchev–Trinajstić information content (AvgIpc) is 3.41. The molecule has 0 saturated carbocycles. The minimum Gasteiger partial charge on any atom is -0.410 e. The molecule has 0 spiro atoms. The van der Waals surface area contributed by atoms with Gasteiger partial charge in [0.25, 0.3) is 0 Å². The molecule has 1 aliphatic rings. The Balaban J connectivity index is 1.17. The third-order valence-electron chi connectivity index (χ3n) is 5.66. The molecule has 170 valence electrons. The van der Waals surface area contributed by atoms with E-state index >= 15 is 0 Å². The van der Waals surface area contributed by atoms with Crippen molar-refractivity contribution < 1.29 is 9.53 Å². The van der Waals surface area contributed by atoms with Crippen molar-refractivity contribution in [3.05, 3.63) is 58.3 Å². The van der Waals surface area contributed by atoms with Crippen molar-refractivity contribution in [3.8, 4) is 5.75 Å². The molecule has 1 amide bonds. The van der Waals surface area contributed by atoms with Crippen LogP contribution in [0, 0.1) is 6.92 Å². The van der Waals surface area contributed by atoms with E-state index in [4.69, 9.17) is 4.74 Å². The molecule has 32 heavy (non-hydrogen) atoms. The van der Waals surface area contributed by atoms with Gasteiger partial charge in [-0.25, -0.2) is 14.8 Å². The number of thioether (sulfide) groups is 1. The van der Waals surface area contributed by atoms with Crippen LogP contribution < -0.4 is 4.74 Å². The Labute approximate surface area is 197 Å². The number of amides is 1. The van der Waals surface area contributed by atoms with Gasteiger partial charge in [-0.3, -0.25) is 4.90 Å². The number of carbonyl (C=O) groups excluding carboxylic acids is 1. The Morgan fingerprint density at radius 2 is 1.91 bits per heavy atom. The lowest BCUT2D eigenvalue weighted by Gasteiger charge is -2.33. The zero-order chi connectivity index (χ0) is 22.3. The summed E-state index contributed by atoms with van der Waals surface area (Å²) in [7, 11) is 2.00. The van der Waals surface area contributed by atoms with Gasteiger partial charge in [0, 0.05) is 62.8 Å². The number of hydrogen-bond acceptors (Lipinski definition) is 7. The number of imidazole rings is 1. The van der Waals surface area contributed by atoms with Gasteiger partial charge in [-0.05, 0) is 37.5 Å². The van der Waals surface area contributed by atoms with Crippen molar-refractivity contribution in [2.75, 3.05) is 38.5 Å². The standard InChI is InChI=1S/C23H29N5O2S2/c1-18-21(32-17-25-18)7-10-27-12-14-28(15-13-27)23(29)30-20-5-3-19(4-6-20)8-16-31-22-24-9-11-26(22)2/h3-6,9,11,17H,7-8,10,12-16H2,1-2H3. The summed E-state index contributed by atoms with van der Waals surface area (Å²) < 4.78 is 7.62. The Bertz CT molecular complexity index is 1010. The molecule has 1 fully saturated rings. The maximum atomic E-state index is 12.5. The highest BCUT2D eigenvalue weighted by molar-refractivity contribution is 7.99. The van der Waals surface area contributed by atoms with Crippen molar-refractivity contribution in [3.63, 3.8) is 0 Å². The number of ether oxygens (including phenoxy) is 1. The highest BCUT2D eigenvalue weighted by Gasteiger charge is 2.22. The molecule has 0 atom stereocenters. The predicted molar refractivity (Wildman–Crippen MR) is 129 cm³/mol. The Morgan fingerprint density at radius 1 is 1.12 bits per heavy atom. The molecule has 0 aliphatic carbocycles. The largest absolute Gasteiger partial charge is 0.415 e. The second-order valence-electron chi connectivity index (χ2n) is 7.87. The summed E-state index contributed by atoms with van der Waals surface area (Å²) in [5, 5.41) is 1.02. The highest BCUT2D eigenvalue weighted by atomic mass is 32.2. The van der Waals surface area contributed by atoms with Crippen LogP contribution in [0.5, 0.6) is 5.75 Å². The smallest absolute Gasteiger partial charge is 0.410 e. The van der Waals surface area contributed by atoms with Crippen LogP contribution in [0.3, 0.4) is 0 Å². The molecule has 0 unspecified atom stereocenters. The van der Waals surface area contributed by atoms with Crippen molar-refractivity contribution in [2.24, 2.45) is 7.05 Å². The van der Waals surface area contributed by atoms with E-state index in [-0.39, 0.29) is 6.09 Å². The van der Waals surface area contributed by atoms with Gasteiger partial charge < -0.3 is 14.2 Å². The van der Waals surface area contributed by atoms with Crippen LogP contribution in [0.15, 0.2) is 47.3 Å². The van der Waals surface area contributed by atoms with Crippen molar-refractivity contribution in [1.29, 1.82) is 0 Å². The topological polar surface area (TPSA) is 63.5 Å². The molecule has 0 N–H and O–H groups in total. The fourth-order valence-electron chi connectivity index (χ4n) is 3.62. The normalized spacial score (nSPS) is 14.6. The minimum atomic E-state index is -0.263. The number of piperazine rings is 1. The van der Waals surface area contributed by atoms with Crippen LogP contribution in [0.4, 0.5) is 4.79 Å². The monoisotopic (exact) mass is 471 g/mol. The predicted octanol–water partition coefficient (Wildman–Crippen LogP) is 3.88. The van der Waals surface area contributed by atoms with E-state index in [9.17, 15) is 4.79 Å². The van der Waals surface area contributed by atoms with Crippen LogP contribution in [-0.2, 0) is 19.9 Å². The number of benzene rings is 1. The molecule has 4 rings (SSSR count). The summed E-state index contributed by atoms with van der Waals surface area (Å²) in [5.74, 6) is 1.55. The van der Waals surface area contributed by atoms with E-state index in [0.29, 0.717) is 18.8 Å². The van der Waals surface area contributed by atoms with Crippen molar-refractivity contribution in [1.82, 2.24) is 24.3 Å². The molecule has 7 nitrogen and oxygen atoms in total. The third kappa shape index (κ3) is 6.11. The van der Waals surface area contributed by atoms with Gasteiger partial charge in [0.2, 0.25) is 0 Å². The zero-order valence-corrected chi connectivity index (χ0v) is 20.2. The first-order chi connectivity index (χ1) is 15.6. The van der Waals surface area contributed by atoms with Crippen molar-refractivity contribution >= 4 is 29.2 Å². The number of aryl methyl sites for hydroxylation is 3. The van der Waals surface area contributed by atoms with Gasteiger partial charge in [0.05, 0.1) is 11.2 Å². The fraction of sp³-hybridized carbons (Fsp3) is 0.435. The molecule has 2 aromatic heterocycles. The van der Waals surface area contributed by atoms with Crippen LogP contribution >= 0.6 is 23.1 Å². The summed E-state index contributed by atoms with van der Waals surface area (Å²) >= 11 is 3.46. The van der Waals surface area contributed by atoms with Crippen LogP contribution in [-0.4, -0.2) is 68.9 Å². The fourth-order valence-corrected chi connectivity index (χ4v) is 5.31. The molecule has 1 saturated heterocycles. The molecule has 1 aromatic carbocycles. The van der Waals surface area contributed by atoms with Gasteiger partial charge in [0.15, 0.2) is 5.16 Å². The van der Waals surface area contributed by atoms with E-state index in [1.165, 1.54) is 10.4 Å². The molecule has 9 heteroatoms. The molecular formula is C23H29N5O2S2. The molecule has 0 bridgehead atoms. The summed E-state index contributed by atoms with van der Waals surface area (Å²) in [6.07, 6.45) is 5.47. The maximum Gasteiger partial charge on any atom is 0.415 e. The van der Waals surface area contributed by atoms with Gasteiger partial charge in [-0.1, -0.05) is 23.9 Å².